The highest BCUT2D eigenvalue weighted by molar-refractivity contribution is 6.22. The van der Waals surface area contributed by atoms with Gasteiger partial charge in [0.1, 0.15) is 17.1 Å². The smallest absolute Gasteiger partial charge is 0.266 e. The SMILES string of the molecule is Cc1ccc(Cn2cc3c(c2Nc2ccc(O)cc2)C(=O)N(C)C2=NC4CCCCC4N23)cn1. The number of aromatic hydroxyl groups is 1. The molecule has 8 nitrogen and oxygen atoms in total. The number of anilines is 3. The summed E-state index contributed by atoms with van der Waals surface area (Å²) in [6.45, 7) is 2.55. The number of carbonyl (C=O) groups excluding carboxylic acids is 1. The van der Waals surface area contributed by atoms with Crippen LogP contribution in [0.25, 0.3) is 0 Å². The highest BCUT2D eigenvalue weighted by Crippen LogP contribution is 2.43. The third-order valence-corrected chi connectivity index (χ3v) is 7.11. The van der Waals surface area contributed by atoms with E-state index in [1.165, 1.54) is 12.8 Å². The summed E-state index contributed by atoms with van der Waals surface area (Å²) in [5.74, 6) is 1.63. The first-order valence-corrected chi connectivity index (χ1v) is 11.9. The maximum absolute atomic E-state index is 13.7. The van der Waals surface area contributed by atoms with Crippen LogP contribution in [0.15, 0.2) is 53.8 Å². The van der Waals surface area contributed by atoms with Crippen LogP contribution < -0.4 is 10.2 Å². The molecule has 3 aliphatic rings. The molecule has 174 valence electrons. The van der Waals surface area contributed by atoms with Gasteiger partial charge in [-0.05, 0) is 55.7 Å². The predicted molar refractivity (Wildman–Crippen MR) is 132 cm³/mol. The van der Waals surface area contributed by atoms with E-state index in [4.69, 9.17) is 4.99 Å². The quantitative estimate of drug-likeness (QED) is 0.573. The Morgan fingerprint density at radius 1 is 1.12 bits per heavy atom. The molecule has 0 bridgehead atoms. The fourth-order valence-corrected chi connectivity index (χ4v) is 5.36. The van der Waals surface area contributed by atoms with Crippen molar-refractivity contribution in [3.8, 4) is 5.75 Å². The zero-order valence-electron chi connectivity index (χ0n) is 19.4. The Morgan fingerprint density at radius 2 is 1.91 bits per heavy atom. The van der Waals surface area contributed by atoms with E-state index < -0.39 is 0 Å². The van der Waals surface area contributed by atoms with Gasteiger partial charge in [-0.25, -0.2) is 4.99 Å². The highest BCUT2D eigenvalue weighted by Gasteiger charge is 2.47. The summed E-state index contributed by atoms with van der Waals surface area (Å²) in [5.41, 5.74) is 4.39. The van der Waals surface area contributed by atoms with E-state index in [0.717, 1.165) is 47.3 Å². The summed E-state index contributed by atoms with van der Waals surface area (Å²) < 4.78 is 2.09. The maximum atomic E-state index is 13.7. The molecule has 1 saturated carbocycles. The van der Waals surface area contributed by atoms with Gasteiger partial charge in [-0.2, -0.15) is 0 Å². The van der Waals surface area contributed by atoms with Crippen LogP contribution in [0.1, 0.15) is 47.3 Å². The second-order valence-corrected chi connectivity index (χ2v) is 9.43. The lowest BCUT2D eigenvalue weighted by Gasteiger charge is -2.37. The van der Waals surface area contributed by atoms with Crippen molar-refractivity contribution in [1.82, 2.24) is 14.5 Å². The lowest BCUT2D eigenvalue weighted by Crippen LogP contribution is -2.52. The largest absolute Gasteiger partial charge is 0.508 e. The number of hydrogen-bond donors (Lipinski definition) is 2. The summed E-state index contributed by atoms with van der Waals surface area (Å²) >= 11 is 0. The Hall–Kier alpha value is -3.81. The number of benzene rings is 1. The minimum absolute atomic E-state index is 0.0642. The fraction of sp³-hybridized carbons (Fsp3) is 0.346. The van der Waals surface area contributed by atoms with E-state index in [2.05, 4.69) is 32.0 Å². The van der Waals surface area contributed by atoms with Gasteiger partial charge in [-0.15, -0.1) is 0 Å². The molecule has 6 rings (SSSR count). The second kappa shape index (κ2) is 7.90. The average Bonchev–Trinajstić information content (AvgIpc) is 3.39. The number of hydrogen-bond acceptors (Lipinski definition) is 6. The van der Waals surface area contributed by atoms with Crippen LogP contribution in [-0.2, 0) is 6.54 Å². The number of pyridine rings is 1. The molecule has 2 unspecified atom stereocenters. The van der Waals surface area contributed by atoms with Crippen LogP contribution in [0.2, 0.25) is 0 Å². The number of guanidine groups is 1. The number of rotatable bonds is 4. The minimum Gasteiger partial charge on any atom is -0.508 e. The molecule has 4 heterocycles. The first-order chi connectivity index (χ1) is 16.5. The van der Waals surface area contributed by atoms with Crippen LogP contribution in [0.4, 0.5) is 17.2 Å². The predicted octanol–water partition coefficient (Wildman–Crippen LogP) is 4.26. The Bertz CT molecular complexity index is 1280. The lowest BCUT2D eigenvalue weighted by atomic mass is 9.90. The van der Waals surface area contributed by atoms with Crippen LogP contribution in [0.3, 0.4) is 0 Å². The van der Waals surface area contributed by atoms with Gasteiger partial charge >= 0.3 is 0 Å². The molecule has 0 spiro atoms. The highest BCUT2D eigenvalue weighted by atomic mass is 16.3. The van der Waals surface area contributed by atoms with Gasteiger partial charge < -0.3 is 19.9 Å². The van der Waals surface area contributed by atoms with Crippen molar-refractivity contribution in [3.05, 3.63) is 65.6 Å². The molecule has 0 saturated heterocycles. The zero-order chi connectivity index (χ0) is 23.4. The number of nitrogens with one attached hydrogen (secondary N) is 1. The normalized spacial score (nSPS) is 21.1. The number of carbonyl (C=O) groups is 1. The first kappa shape index (κ1) is 20.8. The molecule has 8 heteroatoms. The number of aliphatic imine (C=N–C) groups is 1. The van der Waals surface area contributed by atoms with E-state index in [1.807, 2.05) is 38.4 Å². The van der Waals surface area contributed by atoms with Crippen LogP contribution in [0, 0.1) is 6.92 Å². The van der Waals surface area contributed by atoms with Gasteiger partial charge in [0.15, 0.2) is 0 Å². The zero-order valence-corrected chi connectivity index (χ0v) is 19.4. The summed E-state index contributed by atoms with van der Waals surface area (Å²) in [6, 6.07) is 11.5. The van der Waals surface area contributed by atoms with Gasteiger partial charge in [0.2, 0.25) is 5.96 Å². The topological polar surface area (TPSA) is 86.0 Å². The monoisotopic (exact) mass is 456 g/mol. The summed E-state index contributed by atoms with van der Waals surface area (Å²) in [7, 11) is 1.82. The number of amides is 1. The van der Waals surface area contributed by atoms with Gasteiger partial charge in [0.25, 0.3) is 5.91 Å². The first-order valence-electron chi connectivity index (χ1n) is 11.9. The number of aryl methyl sites for hydroxylation is 1. The third-order valence-electron chi connectivity index (χ3n) is 7.11. The van der Waals surface area contributed by atoms with Gasteiger partial charge in [0, 0.05) is 30.8 Å². The van der Waals surface area contributed by atoms with Crippen molar-refractivity contribution < 1.29 is 9.90 Å². The maximum Gasteiger partial charge on any atom is 0.266 e. The van der Waals surface area contributed by atoms with Crippen molar-refractivity contribution in [1.29, 1.82) is 0 Å². The Kier molecular flexibility index (Phi) is 4.83. The molecule has 2 aliphatic heterocycles. The number of phenolic OH excluding ortho intramolecular Hbond substituents is 1. The van der Waals surface area contributed by atoms with E-state index in [1.54, 1.807) is 17.0 Å². The molecule has 0 radical (unpaired) electrons. The van der Waals surface area contributed by atoms with E-state index in [9.17, 15) is 9.90 Å². The molecule has 34 heavy (non-hydrogen) atoms. The summed E-state index contributed by atoms with van der Waals surface area (Å²) in [5, 5.41) is 13.2. The number of fused-ring (bicyclic) bond motifs is 5. The van der Waals surface area contributed by atoms with Gasteiger partial charge in [0.05, 0.1) is 24.3 Å². The van der Waals surface area contributed by atoms with Crippen molar-refractivity contribution in [3.63, 3.8) is 0 Å². The molecule has 3 aromatic rings. The van der Waals surface area contributed by atoms with E-state index >= 15 is 0 Å². The number of nitrogens with zero attached hydrogens (tertiary/aromatic N) is 5. The fourth-order valence-electron chi connectivity index (χ4n) is 5.36. The average molecular weight is 457 g/mol. The molecule has 1 aliphatic carbocycles. The molecule has 1 aromatic carbocycles. The number of aromatic nitrogens is 2. The van der Waals surface area contributed by atoms with E-state index in [0.29, 0.717) is 12.1 Å². The molecular weight excluding hydrogens is 428 g/mol. The Morgan fingerprint density at radius 3 is 2.68 bits per heavy atom. The molecule has 2 aromatic heterocycles. The standard InChI is InChI=1S/C26H28N6O2/c1-16-7-8-17(13-27-16)14-31-15-22-23(24(31)28-18-9-11-19(33)12-10-18)25(34)30(2)26-29-20-5-3-4-6-21(20)32(22)26/h7-13,15,20-21,28,33H,3-6,14H2,1-2H3. The van der Waals surface area contributed by atoms with Crippen molar-refractivity contribution in [2.75, 3.05) is 17.3 Å². The van der Waals surface area contributed by atoms with Crippen molar-refractivity contribution >= 4 is 29.1 Å². The van der Waals surface area contributed by atoms with E-state index in [-0.39, 0.29) is 23.7 Å². The van der Waals surface area contributed by atoms with Crippen LogP contribution in [0.5, 0.6) is 5.75 Å². The Labute approximate surface area is 198 Å². The molecule has 2 atom stereocenters. The lowest BCUT2D eigenvalue weighted by molar-refractivity contribution is 0.0866. The second-order valence-electron chi connectivity index (χ2n) is 9.43. The Balaban J connectivity index is 1.48. The minimum atomic E-state index is -0.0642. The van der Waals surface area contributed by atoms with Crippen molar-refractivity contribution in [2.45, 2.75) is 51.2 Å². The molecule has 1 fully saturated rings. The third kappa shape index (κ3) is 3.32. The summed E-state index contributed by atoms with van der Waals surface area (Å²) in [4.78, 5) is 27.0. The van der Waals surface area contributed by atoms with Crippen LogP contribution in [-0.4, -0.2) is 50.6 Å². The van der Waals surface area contributed by atoms with Crippen LogP contribution >= 0.6 is 0 Å². The number of phenols is 1. The van der Waals surface area contributed by atoms with Gasteiger partial charge in [-0.1, -0.05) is 18.9 Å². The molecule has 1 amide bonds. The van der Waals surface area contributed by atoms with Crippen molar-refractivity contribution in [2.24, 2.45) is 4.99 Å². The van der Waals surface area contributed by atoms with Gasteiger partial charge in [-0.3, -0.25) is 14.7 Å². The molecular formula is C26H28N6O2. The summed E-state index contributed by atoms with van der Waals surface area (Å²) in [6.07, 6.45) is 8.47. The molecule has 2 N–H and O–H groups in total.